The number of nitrogens with zero attached hydrogens (tertiary/aromatic N) is 1. The summed E-state index contributed by atoms with van der Waals surface area (Å²) in [4.78, 5) is 2.43. The van der Waals surface area contributed by atoms with Crippen LogP contribution in [-0.2, 0) is 0 Å². The molecule has 12 rings (SSSR count). The Morgan fingerprint density at radius 1 is 0.389 bits per heavy atom. The summed E-state index contributed by atoms with van der Waals surface area (Å²) in [5.41, 5.74) is 7.52. The van der Waals surface area contributed by atoms with Crippen molar-refractivity contribution in [2.24, 2.45) is 0 Å². The first kappa shape index (κ1) is 30.0. The number of hydrogen-bond donors (Lipinski definition) is 0. The van der Waals surface area contributed by atoms with E-state index >= 15 is 0 Å². The van der Waals surface area contributed by atoms with Gasteiger partial charge in [0, 0.05) is 68.6 Å². The fourth-order valence-corrected chi connectivity index (χ4v) is 11.0. The molecule has 2 nitrogen and oxygen atoms in total. The third-order valence-corrected chi connectivity index (χ3v) is 13.4. The lowest BCUT2D eigenvalue weighted by atomic mass is 9.98. The van der Waals surface area contributed by atoms with E-state index < -0.39 is 0 Å². The summed E-state index contributed by atoms with van der Waals surface area (Å²) in [6, 6.07) is 64.1. The summed E-state index contributed by atoms with van der Waals surface area (Å²) in [5, 5.41) is 12.6. The van der Waals surface area contributed by atoms with E-state index in [-0.39, 0.29) is 0 Å². The van der Waals surface area contributed by atoms with Gasteiger partial charge in [0.2, 0.25) is 0 Å². The van der Waals surface area contributed by atoms with Crippen molar-refractivity contribution >= 4 is 124 Å². The van der Waals surface area contributed by atoms with E-state index in [0.717, 1.165) is 39.0 Å². The third kappa shape index (κ3) is 4.38. The zero-order chi connectivity index (χ0) is 35.3. The predicted molar refractivity (Wildman–Crippen MR) is 235 cm³/mol. The first-order chi connectivity index (χ1) is 26.8. The van der Waals surface area contributed by atoms with Crippen LogP contribution in [-0.4, -0.2) is 0 Å². The highest BCUT2D eigenvalue weighted by atomic mass is 32.1. The number of hydrogen-bond acceptors (Lipinski definition) is 4. The summed E-state index contributed by atoms with van der Waals surface area (Å²) in [5.74, 6) is 0. The van der Waals surface area contributed by atoms with Crippen molar-refractivity contribution in [3.63, 3.8) is 0 Å². The molecule has 3 heterocycles. The second kappa shape index (κ2) is 11.5. The van der Waals surface area contributed by atoms with Crippen molar-refractivity contribution in [3.05, 3.63) is 176 Å². The van der Waals surface area contributed by atoms with Crippen molar-refractivity contribution in [2.75, 3.05) is 4.90 Å². The summed E-state index contributed by atoms with van der Waals surface area (Å²) >= 11 is 3.79. The zero-order valence-electron chi connectivity index (χ0n) is 28.9. The Labute approximate surface area is 318 Å². The van der Waals surface area contributed by atoms with E-state index in [0.29, 0.717) is 0 Å². The molecule has 0 amide bonds. The molecule has 54 heavy (non-hydrogen) atoms. The fraction of sp³-hybridized carbons (Fsp3) is 0. The van der Waals surface area contributed by atoms with Crippen LogP contribution in [0.15, 0.2) is 180 Å². The van der Waals surface area contributed by atoms with Crippen LogP contribution in [0, 0.1) is 0 Å². The monoisotopic (exact) mass is 723 g/mol. The van der Waals surface area contributed by atoms with E-state index in [4.69, 9.17) is 4.42 Å². The molecule has 4 heteroatoms. The smallest absolute Gasteiger partial charge is 0.137 e. The van der Waals surface area contributed by atoms with Crippen LogP contribution in [0.25, 0.3) is 95.0 Å². The molecular weight excluding hydrogens is 695 g/mol. The molecule has 0 bridgehead atoms. The van der Waals surface area contributed by atoms with Crippen LogP contribution in [0.5, 0.6) is 0 Å². The topological polar surface area (TPSA) is 16.4 Å². The van der Waals surface area contributed by atoms with Gasteiger partial charge < -0.3 is 9.32 Å². The molecule has 0 aliphatic heterocycles. The molecule has 0 saturated carbocycles. The van der Waals surface area contributed by atoms with E-state index in [2.05, 4.69) is 175 Å². The van der Waals surface area contributed by atoms with E-state index in [1.54, 1.807) is 0 Å². The molecule has 0 fully saturated rings. The number of para-hydroxylation sites is 1. The number of thiophene rings is 2. The van der Waals surface area contributed by atoms with Crippen molar-refractivity contribution in [2.45, 2.75) is 0 Å². The standard InChI is InChI=1S/C50H29NOS2/c1-3-12-35-30(9-1)11-7-15-36(35)32-19-22-33(23-20-32)51(34-24-26-39-38-14-5-6-17-42(38)52-43(39)29-34)41-16-8-18-44-48(41)49-46(53-44)28-27-45-47(49)40-25-21-31-10-2-4-13-37(31)50(40)54-45/h1-29H. The van der Waals surface area contributed by atoms with Gasteiger partial charge in [0.15, 0.2) is 0 Å². The van der Waals surface area contributed by atoms with Gasteiger partial charge in [0.1, 0.15) is 11.2 Å². The minimum absolute atomic E-state index is 0.881. The number of rotatable bonds is 4. The van der Waals surface area contributed by atoms with Crippen LogP contribution in [0.2, 0.25) is 0 Å². The fourth-order valence-electron chi connectivity index (χ4n) is 8.62. The molecule has 0 aliphatic carbocycles. The zero-order valence-corrected chi connectivity index (χ0v) is 30.5. The van der Waals surface area contributed by atoms with Gasteiger partial charge in [-0.1, -0.05) is 115 Å². The normalized spacial score (nSPS) is 12.1. The van der Waals surface area contributed by atoms with Crippen molar-refractivity contribution < 1.29 is 4.42 Å². The molecule has 12 aromatic rings. The van der Waals surface area contributed by atoms with Gasteiger partial charge >= 0.3 is 0 Å². The van der Waals surface area contributed by atoms with E-state index in [1.807, 2.05) is 28.7 Å². The highest BCUT2D eigenvalue weighted by Crippen LogP contribution is 2.51. The maximum Gasteiger partial charge on any atom is 0.137 e. The van der Waals surface area contributed by atoms with Gasteiger partial charge in [-0.05, 0) is 87.3 Å². The van der Waals surface area contributed by atoms with Crippen LogP contribution >= 0.6 is 22.7 Å². The highest BCUT2D eigenvalue weighted by molar-refractivity contribution is 7.28. The average Bonchev–Trinajstić information content (AvgIpc) is 3.92. The Morgan fingerprint density at radius 3 is 1.91 bits per heavy atom. The maximum absolute atomic E-state index is 6.48. The molecule has 0 aliphatic rings. The van der Waals surface area contributed by atoms with Crippen LogP contribution in [0.3, 0.4) is 0 Å². The summed E-state index contributed by atoms with van der Waals surface area (Å²) in [7, 11) is 0. The third-order valence-electron chi connectivity index (χ3n) is 11.1. The summed E-state index contributed by atoms with van der Waals surface area (Å²) < 4.78 is 11.7. The minimum Gasteiger partial charge on any atom is -0.456 e. The lowest BCUT2D eigenvalue weighted by molar-refractivity contribution is 0.669. The average molecular weight is 724 g/mol. The van der Waals surface area contributed by atoms with E-state index in [1.165, 1.54) is 73.0 Å². The van der Waals surface area contributed by atoms with Crippen molar-refractivity contribution in [1.82, 2.24) is 0 Å². The van der Waals surface area contributed by atoms with Crippen molar-refractivity contribution in [3.8, 4) is 11.1 Å². The predicted octanol–water partition coefficient (Wildman–Crippen LogP) is 15.8. The van der Waals surface area contributed by atoms with Gasteiger partial charge in [0.25, 0.3) is 0 Å². The Hall–Kier alpha value is -6.46. The Bertz CT molecular complexity index is 3450. The molecule has 0 radical (unpaired) electrons. The Kier molecular flexibility index (Phi) is 6.41. The number of fused-ring (bicyclic) bond motifs is 13. The molecule has 0 spiro atoms. The largest absolute Gasteiger partial charge is 0.456 e. The number of anilines is 3. The summed E-state index contributed by atoms with van der Waals surface area (Å²) in [6.45, 7) is 0. The highest BCUT2D eigenvalue weighted by Gasteiger charge is 2.22. The maximum atomic E-state index is 6.48. The molecular formula is C50H29NOS2. The first-order valence-corrected chi connectivity index (χ1v) is 19.9. The van der Waals surface area contributed by atoms with Crippen molar-refractivity contribution in [1.29, 1.82) is 0 Å². The van der Waals surface area contributed by atoms with Gasteiger partial charge in [-0.25, -0.2) is 0 Å². The molecule has 252 valence electrons. The quantitative estimate of drug-likeness (QED) is 0.180. The molecule has 0 saturated heterocycles. The van der Waals surface area contributed by atoms with Crippen LogP contribution < -0.4 is 4.90 Å². The lowest BCUT2D eigenvalue weighted by Gasteiger charge is -2.27. The van der Waals surface area contributed by atoms with Gasteiger partial charge in [-0.15, -0.1) is 22.7 Å². The van der Waals surface area contributed by atoms with Gasteiger partial charge in [-0.3, -0.25) is 0 Å². The summed E-state index contributed by atoms with van der Waals surface area (Å²) in [6.07, 6.45) is 0. The molecule has 9 aromatic carbocycles. The van der Waals surface area contributed by atoms with Crippen LogP contribution in [0.1, 0.15) is 0 Å². The molecule has 0 atom stereocenters. The van der Waals surface area contributed by atoms with E-state index in [9.17, 15) is 0 Å². The SMILES string of the molecule is c1ccc2c(-c3ccc(N(c4ccc5c(c4)oc4ccccc45)c4cccc5sc6ccc7sc8c9ccccc9ccc8c7c6c45)cc3)cccc2c1. The second-order valence-electron chi connectivity index (χ2n) is 14.0. The second-order valence-corrected chi connectivity index (χ2v) is 16.2. The Morgan fingerprint density at radius 2 is 1.04 bits per heavy atom. The first-order valence-electron chi connectivity index (χ1n) is 18.2. The van der Waals surface area contributed by atoms with Gasteiger partial charge in [-0.2, -0.15) is 0 Å². The lowest BCUT2D eigenvalue weighted by Crippen LogP contribution is -2.10. The minimum atomic E-state index is 0.881. The van der Waals surface area contributed by atoms with Gasteiger partial charge in [0.05, 0.1) is 5.69 Å². The molecule has 3 aromatic heterocycles. The number of benzene rings is 9. The molecule has 0 unspecified atom stereocenters. The molecule has 0 N–H and O–H groups in total. The Balaban J connectivity index is 1.13. The van der Waals surface area contributed by atoms with Crippen LogP contribution in [0.4, 0.5) is 17.1 Å². The number of furan rings is 1.